The van der Waals surface area contributed by atoms with Gasteiger partial charge in [-0.2, -0.15) is 0 Å². The minimum Gasteiger partial charge on any atom is -0.481 e. The highest BCUT2D eigenvalue weighted by Crippen LogP contribution is 2.33. The predicted molar refractivity (Wildman–Crippen MR) is 68.3 cm³/mol. The van der Waals surface area contributed by atoms with Gasteiger partial charge in [-0.1, -0.05) is 0 Å². The van der Waals surface area contributed by atoms with Gasteiger partial charge >= 0.3 is 0 Å². The Labute approximate surface area is 107 Å². The number of aromatic nitrogens is 1. The summed E-state index contributed by atoms with van der Waals surface area (Å²) in [7, 11) is 1.52. The smallest absolute Gasteiger partial charge is 0.213 e. The van der Waals surface area contributed by atoms with E-state index in [0.717, 1.165) is 5.56 Å². The largest absolute Gasteiger partial charge is 0.481 e. The second-order valence-electron chi connectivity index (χ2n) is 3.44. The van der Waals surface area contributed by atoms with Gasteiger partial charge in [0.2, 0.25) is 5.88 Å². The number of hydrogen-bond donors (Lipinski definition) is 1. The third-order valence-electron chi connectivity index (χ3n) is 2.35. The van der Waals surface area contributed by atoms with Crippen LogP contribution in [0.5, 0.6) is 5.88 Å². The van der Waals surface area contributed by atoms with E-state index in [1.54, 1.807) is 18.3 Å². The molecule has 1 aromatic carbocycles. The van der Waals surface area contributed by atoms with Gasteiger partial charge in [-0.05, 0) is 39.7 Å². The first-order chi connectivity index (χ1) is 8.11. The number of ether oxygens (including phenoxy) is 1. The van der Waals surface area contributed by atoms with Gasteiger partial charge in [-0.25, -0.2) is 9.37 Å². The summed E-state index contributed by atoms with van der Waals surface area (Å²) in [6.07, 6.45) is 1.59. The molecule has 5 heteroatoms. The molecule has 0 atom stereocenters. The summed E-state index contributed by atoms with van der Waals surface area (Å²) in [5.41, 5.74) is 7.75. The van der Waals surface area contributed by atoms with Crippen LogP contribution in [0, 0.1) is 5.82 Å². The molecule has 2 rings (SSSR count). The van der Waals surface area contributed by atoms with Crippen molar-refractivity contribution in [2.24, 2.45) is 0 Å². The fourth-order valence-electron chi connectivity index (χ4n) is 1.51. The van der Waals surface area contributed by atoms with Crippen LogP contribution in [-0.4, -0.2) is 12.1 Å². The first-order valence-electron chi connectivity index (χ1n) is 4.86. The predicted octanol–water partition coefficient (Wildman–Crippen LogP) is 3.24. The number of anilines is 1. The molecule has 2 N–H and O–H groups in total. The number of rotatable bonds is 2. The Morgan fingerprint density at radius 1 is 1.35 bits per heavy atom. The lowest BCUT2D eigenvalue weighted by Gasteiger charge is -2.09. The van der Waals surface area contributed by atoms with Crippen molar-refractivity contribution in [1.29, 1.82) is 0 Å². The lowest BCUT2D eigenvalue weighted by atomic mass is 10.1. The van der Waals surface area contributed by atoms with E-state index in [1.807, 2.05) is 0 Å². The van der Waals surface area contributed by atoms with Crippen LogP contribution in [0.4, 0.5) is 10.1 Å². The molecule has 0 aliphatic rings. The quantitative estimate of drug-likeness (QED) is 0.866. The zero-order valence-corrected chi connectivity index (χ0v) is 10.7. The standard InChI is InChI=1S/C12H10BrFN2O/c1-17-11-4-7(2-3-16-11)9-5-8(14)6-10(13)12(9)15/h2-6H,15H2,1H3. The maximum atomic E-state index is 13.3. The third kappa shape index (κ3) is 2.39. The normalized spacial score (nSPS) is 10.3. The van der Waals surface area contributed by atoms with Gasteiger partial charge < -0.3 is 10.5 Å². The molecular weight excluding hydrogens is 287 g/mol. The number of nitrogens with two attached hydrogens (primary N) is 1. The summed E-state index contributed by atoms with van der Waals surface area (Å²) in [5.74, 6) is 0.110. The molecule has 0 amide bonds. The van der Waals surface area contributed by atoms with Crippen LogP contribution < -0.4 is 10.5 Å². The summed E-state index contributed by atoms with van der Waals surface area (Å²) in [6.45, 7) is 0. The summed E-state index contributed by atoms with van der Waals surface area (Å²) >= 11 is 3.22. The van der Waals surface area contributed by atoms with E-state index >= 15 is 0 Å². The number of pyridine rings is 1. The maximum Gasteiger partial charge on any atom is 0.213 e. The summed E-state index contributed by atoms with van der Waals surface area (Å²) in [6, 6.07) is 6.17. The van der Waals surface area contributed by atoms with Crippen LogP contribution >= 0.6 is 15.9 Å². The number of methoxy groups -OCH3 is 1. The van der Waals surface area contributed by atoms with E-state index < -0.39 is 0 Å². The summed E-state index contributed by atoms with van der Waals surface area (Å²) in [4.78, 5) is 3.99. The monoisotopic (exact) mass is 296 g/mol. The molecule has 1 heterocycles. The molecular formula is C12H10BrFN2O. The molecule has 0 aliphatic carbocycles. The van der Waals surface area contributed by atoms with Crippen LogP contribution in [-0.2, 0) is 0 Å². The van der Waals surface area contributed by atoms with Gasteiger partial charge in [0, 0.05) is 22.3 Å². The second kappa shape index (κ2) is 4.71. The molecule has 0 spiro atoms. The highest BCUT2D eigenvalue weighted by Gasteiger charge is 2.09. The average molecular weight is 297 g/mol. The summed E-state index contributed by atoms with van der Waals surface area (Å²) in [5, 5.41) is 0. The molecule has 1 aromatic heterocycles. The zero-order chi connectivity index (χ0) is 12.4. The minimum absolute atomic E-state index is 0.350. The van der Waals surface area contributed by atoms with E-state index in [1.165, 1.54) is 19.2 Å². The SMILES string of the molecule is COc1cc(-c2cc(F)cc(Br)c2N)ccn1. The van der Waals surface area contributed by atoms with Gasteiger partial charge in [0.1, 0.15) is 5.82 Å². The molecule has 0 radical (unpaired) electrons. The van der Waals surface area contributed by atoms with Crippen LogP contribution in [0.2, 0.25) is 0 Å². The lowest BCUT2D eigenvalue weighted by Crippen LogP contribution is -1.94. The fourth-order valence-corrected chi connectivity index (χ4v) is 1.94. The molecule has 88 valence electrons. The molecule has 0 fully saturated rings. The number of benzene rings is 1. The van der Waals surface area contributed by atoms with Crippen molar-refractivity contribution in [2.45, 2.75) is 0 Å². The van der Waals surface area contributed by atoms with Crippen molar-refractivity contribution in [3.05, 3.63) is 40.8 Å². The molecule has 0 saturated heterocycles. The van der Waals surface area contributed by atoms with Crippen LogP contribution in [0.1, 0.15) is 0 Å². The number of halogens is 2. The van der Waals surface area contributed by atoms with Gasteiger partial charge in [-0.15, -0.1) is 0 Å². The minimum atomic E-state index is -0.350. The molecule has 0 unspecified atom stereocenters. The van der Waals surface area contributed by atoms with Crippen molar-refractivity contribution in [2.75, 3.05) is 12.8 Å². The summed E-state index contributed by atoms with van der Waals surface area (Å²) < 4.78 is 18.9. The van der Waals surface area contributed by atoms with E-state index in [9.17, 15) is 4.39 Å². The Morgan fingerprint density at radius 2 is 2.12 bits per heavy atom. The van der Waals surface area contributed by atoms with Gasteiger partial charge in [0.05, 0.1) is 12.8 Å². The molecule has 3 nitrogen and oxygen atoms in total. The molecule has 0 bridgehead atoms. The highest BCUT2D eigenvalue weighted by atomic mass is 79.9. The Hall–Kier alpha value is -1.62. The number of hydrogen-bond acceptors (Lipinski definition) is 3. The third-order valence-corrected chi connectivity index (χ3v) is 3.01. The average Bonchev–Trinajstić information content (AvgIpc) is 2.34. The van der Waals surface area contributed by atoms with E-state index in [0.29, 0.717) is 21.6 Å². The molecule has 0 aliphatic heterocycles. The first-order valence-corrected chi connectivity index (χ1v) is 5.66. The van der Waals surface area contributed by atoms with E-state index in [4.69, 9.17) is 10.5 Å². The van der Waals surface area contributed by atoms with Crippen molar-refractivity contribution in [1.82, 2.24) is 4.98 Å². The van der Waals surface area contributed by atoms with Gasteiger partial charge in [0.15, 0.2) is 0 Å². The molecule has 0 saturated carbocycles. The number of nitrogens with zero attached hydrogens (tertiary/aromatic N) is 1. The van der Waals surface area contributed by atoms with Crippen LogP contribution in [0.3, 0.4) is 0 Å². The Morgan fingerprint density at radius 3 is 2.82 bits per heavy atom. The van der Waals surface area contributed by atoms with Crippen LogP contribution in [0.25, 0.3) is 11.1 Å². The van der Waals surface area contributed by atoms with E-state index in [-0.39, 0.29) is 5.82 Å². The Kier molecular flexibility index (Phi) is 3.28. The van der Waals surface area contributed by atoms with Gasteiger partial charge in [-0.3, -0.25) is 0 Å². The number of nitrogen functional groups attached to an aromatic ring is 1. The van der Waals surface area contributed by atoms with Crippen LogP contribution in [0.15, 0.2) is 34.9 Å². The second-order valence-corrected chi connectivity index (χ2v) is 4.29. The van der Waals surface area contributed by atoms with Crippen molar-refractivity contribution < 1.29 is 9.13 Å². The fraction of sp³-hybridized carbons (Fsp3) is 0.0833. The van der Waals surface area contributed by atoms with Crippen molar-refractivity contribution >= 4 is 21.6 Å². The maximum absolute atomic E-state index is 13.3. The molecule has 17 heavy (non-hydrogen) atoms. The topological polar surface area (TPSA) is 48.1 Å². The van der Waals surface area contributed by atoms with Gasteiger partial charge in [0.25, 0.3) is 0 Å². The molecule has 2 aromatic rings. The highest BCUT2D eigenvalue weighted by molar-refractivity contribution is 9.10. The van der Waals surface area contributed by atoms with E-state index in [2.05, 4.69) is 20.9 Å². The Bertz CT molecular complexity index is 560. The van der Waals surface area contributed by atoms with Crippen molar-refractivity contribution in [3.8, 4) is 17.0 Å². The zero-order valence-electron chi connectivity index (χ0n) is 9.08. The van der Waals surface area contributed by atoms with Crippen molar-refractivity contribution in [3.63, 3.8) is 0 Å². The first kappa shape index (κ1) is 11.9. The Balaban J connectivity index is 2.59. The lowest BCUT2D eigenvalue weighted by molar-refractivity contribution is 0.398.